The van der Waals surface area contributed by atoms with E-state index in [4.69, 9.17) is 15.3 Å². The van der Waals surface area contributed by atoms with Gasteiger partial charge in [-0.2, -0.15) is 0 Å². The number of anilines is 2. The average Bonchev–Trinajstić information content (AvgIpc) is 3.14. The second-order valence-electron chi connectivity index (χ2n) is 7.77. The second kappa shape index (κ2) is 11.2. The average molecular weight is 425 g/mol. The van der Waals surface area contributed by atoms with Crippen LogP contribution in [0.5, 0.6) is 5.75 Å². The normalized spacial score (nSPS) is 15.0. The number of carbonyl (C=O) groups is 1. The number of urea groups is 1. The van der Waals surface area contributed by atoms with Gasteiger partial charge in [-0.05, 0) is 73.7 Å². The van der Waals surface area contributed by atoms with Crippen molar-refractivity contribution in [2.45, 2.75) is 26.7 Å². The lowest BCUT2D eigenvalue weighted by atomic mass is 10.0. The molecular formula is C24H32N4O3. The molecule has 1 fully saturated rings. The zero-order chi connectivity index (χ0) is 22.1. The third kappa shape index (κ3) is 6.64. The molecule has 1 atom stereocenters. The number of hydrogen-bond acceptors (Lipinski definition) is 5. The number of carbonyl (C=O) groups excluding carboxylic acids is 1. The summed E-state index contributed by atoms with van der Waals surface area (Å²) in [5.41, 5.74) is 8.36. The van der Waals surface area contributed by atoms with E-state index < -0.39 is 0 Å². The van der Waals surface area contributed by atoms with Gasteiger partial charge >= 0.3 is 6.03 Å². The highest BCUT2D eigenvalue weighted by Gasteiger charge is 2.29. The van der Waals surface area contributed by atoms with Crippen molar-refractivity contribution in [3.8, 4) is 5.75 Å². The fourth-order valence-electron chi connectivity index (χ4n) is 3.44. The quantitative estimate of drug-likeness (QED) is 0.330. The van der Waals surface area contributed by atoms with Gasteiger partial charge in [-0.1, -0.05) is 18.1 Å². The van der Waals surface area contributed by atoms with Crippen LogP contribution in [-0.2, 0) is 4.84 Å². The molecule has 166 valence electrons. The summed E-state index contributed by atoms with van der Waals surface area (Å²) in [5.74, 6) is 1.31. The predicted octanol–water partition coefficient (Wildman–Crippen LogP) is 4.38. The first-order chi connectivity index (χ1) is 15.1. The molecule has 1 heterocycles. The van der Waals surface area contributed by atoms with Crippen LogP contribution in [0, 0.1) is 5.92 Å². The highest BCUT2D eigenvalue weighted by atomic mass is 16.6. The molecule has 0 aromatic heterocycles. The predicted molar refractivity (Wildman–Crippen MR) is 125 cm³/mol. The van der Waals surface area contributed by atoms with E-state index in [0.717, 1.165) is 42.9 Å². The van der Waals surface area contributed by atoms with E-state index in [0.29, 0.717) is 31.4 Å². The largest absolute Gasteiger partial charge is 0.494 e. The van der Waals surface area contributed by atoms with Crippen LogP contribution >= 0.6 is 0 Å². The molecule has 0 bridgehead atoms. The van der Waals surface area contributed by atoms with E-state index in [9.17, 15) is 4.79 Å². The molecule has 7 nitrogen and oxygen atoms in total. The Hall–Kier alpha value is -3.22. The fraction of sp³-hybridized carbons (Fsp3) is 0.417. The van der Waals surface area contributed by atoms with E-state index in [2.05, 4.69) is 12.1 Å². The number of oxime groups is 1. The standard InChI is InChI=1S/C24H32N4O3/c1-3-31-26-18-20-7-9-23(10-8-20)30-16-12-19(2)11-13-27-14-15-28(24(27)29)22-6-4-5-21(25)17-22/h4-10,17-19H,3,11-16,25H2,1-2H3/b26-18+. The Bertz CT molecular complexity index is 869. The topological polar surface area (TPSA) is 80.4 Å². The van der Waals surface area contributed by atoms with E-state index in [-0.39, 0.29) is 6.03 Å². The summed E-state index contributed by atoms with van der Waals surface area (Å²) < 4.78 is 5.86. The lowest BCUT2D eigenvalue weighted by Gasteiger charge is -2.20. The smallest absolute Gasteiger partial charge is 0.324 e. The van der Waals surface area contributed by atoms with E-state index in [1.54, 1.807) is 11.1 Å². The minimum absolute atomic E-state index is 0.0574. The molecule has 2 aromatic rings. The molecule has 0 radical (unpaired) electrons. The number of nitrogen functional groups attached to an aromatic ring is 1. The van der Waals surface area contributed by atoms with Crippen molar-refractivity contribution in [3.63, 3.8) is 0 Å². The van der Waals surface area contributed by atoms with Crippen LogP contribution in [0.1, 0.15) is 32.3 Å². The molecular weight excluding hydrogens is 392 g/mol. The van der Waals surface area contributed by atoms with Gasteiger partial charge in [0.1, 0.15) is 12.4 Å². The van der Waals surface area contributed by atoms with Gasteiger partial charge < -0.3 is 20.2 Å². The van der Waals surface area contributed by atoms with Gasteiger partial charge in [-0.15, -0.1) is 0 Å². The first-order valence-corrected chi connectivity index (χ1v) is 10.9. The Kier molecular flexibility index (Phi) is 8.15. The monoisotopic (exact) mass is 424 g/mol. The van der Waals surface area contributed by atoms with Gasteiger partial charge in [0.2, 0.25) is 0 Å². The highest BCUT2D eigenvalue weighted by Crippen LogP contribution is 2.23. The van der Waals surface area contributed by atoms with Gasteiger partial charge in [0.05, 0.1) is 12.8 Å². The number of hydrogen-bond donors (Lipinski definition) is 1. The maximum absolute atomic E-state index is 12.7. The molecule has 2 aromatic carbocycles. The number of amides is 2. The third-order valence-corrected chi connectivity index (χ3v) is 5.33. The molecule has 31 heavy (non-hydrogen) atoms. The molecule has 1 saturated heterocycles. The Morgan fingerprint density at radius 3 is 2.71 bits per heavy atom. The zero-order valence-corrected chi connectivity index (χ0v) is 18.4. The maximum atomic E-state index is 12.7. The molecule has 0 spiro atoms. The second-order valence-corrected chi connectivity index (χ2v) is 7.77. The van der Waals surface area contributed by atoms with Gasteiger partial charge in [0.15, 0.2) is 0 Å². The summed E-state index contributed by atoms with van der Waals surface area (Å²) in [6.07, 6.45) is 3.57. The first kappa shape index (κ1) is 22.5. The van der Waals surface area contributed by atoms with Crippen molar-refractivity contribution in [2.24, 2.45) is 11.1 Å². The van der Waals surface area contributed by atoms with Crippen molar-refractivity contribution in [1.29, 1.82) is 0 Å². The lowest BCUT2D eigenvalue weighted by Crippen LogP contribution is -2.33. The molecule has 3 rings (SSSR count). The van der Waals surface area contributed by atoms with Crippen molar-refractivity contribution in [2.75, 3.05) is 43.5 Å². The number of benzene rings is 2. The van der Waals surface area contributed by atoms with Crippen LogP contribution in [0.4, 0.5) is 16.2 Å². The van der Waals surface area contributed by atoms with E-state index >= 15 is 0 Å². The highest BCUT2D eigenvalue weighted by molar-refractivity contribution is 5.94. The summed E-state index contributed by atoms with van der Waals surface area (Å²) >= 11 is 0. The lowest BCUT2D eigenvalue weighted by molar-refractivity contribution is 0.160. The van der Waals surface area contributed by atoms with Crippen molar-refractivity contribution < 1.29 is 14.4 Å². The maximum Gasteiger partial charge on any atom is 0.324 e. The van der Waals surface area contributed by atoms with Gasteiger partial charge in [-0.3, -0.25) is 4.90 Å². The SMILES string of the molecule is CCO/N=C/c1ccc(OCCC(C)CCN2CCN(c3cccc(N)c3)C2=O)cc1. The van der Waals surface area contributed by atoms with Gasteiger partial charge in [0, 0.05) is 31.0 Å². The molecule has 0 aliphatic carbocycles. The minimum Gasteiger partial charge on any atom is -0.494 e. The molecule has 7 heteroatoms. The molecule has 0 saturated carbocycles. The summed E-state index contributed by atoms with van der Waals surface area (Å²) in [7, 11) is 0. The van der Waals surface area contributed by atoms with E-state index in [1.165, 1.54) is 0 Å². The fourth-order valence-corrected chi connectivity index (χ4v) is 3.44. The first-order valence-electron chi connectivity index (χ1n) is 10.9. The summed E-state index contributed by atoms with van der Waals surface area (Å²) in [6.45, 7) is 7.51. The third-order valence-electron chi connectivity index (χ3n) is 5.33. The van der Waals surface area contributed by atoms with Crippen LogP contribution < -0.4 is 15.4 Å². The Balaban J connectivity index is 1.37. The molecule has 2 N–H and O–H groups in total. The van der Waals surface area contributed by atoms with Crippen LogP contribution in [0.2, 0.25) is 0 Å². The summed E-state index contributed by atoms with van der Waals surface area (Å²) in [4.78, 5) is 21.4. The van der Waals surface area contributed by atoms with E-state index in [1.807, 2.05) is 60.4 Å². The number of rotatable bonds is 11. The van der Waals surface area contributed by atoms with Crippen molar-refractivity contribution >= 4 is 23.6 Å². The van der Waals surface area contributed by atoms with Crippen LogP contribution in [0.25, 0.3) is 0 Å². The Labute approximate surface area is 184 Å². The Morgan fingerprint density at radius 1 is 1.16 bits per heavy atom. The van der Waals surface area contributed by atoms with Crippen LogP contribution in [0.15, 0.2) is 53.7 Å². The van der Waals surface area contributed by atoms with Gasteiger partial charge in [-0.25, -0.2) is 4.79 Å². The van der Waals surface area contributed by atoms with Crippen LogP contribution in [0.3, 0.4) is 0 Å². The molecule has 2 amide bonds. The van der Waals surface area contributed by atoms with Crippen molar-refractivity contribution in [3.05, 3.63) is 54.1 Å². The van der Waals surface area contributed by atoms with Crippen molar-refractivity contribution in [1.82, 2.24) is 4.90 Å². The van der Waals surface area contributed by atoms with Gasteiger partial charge in [0.25, 0.3) is 0 Å². The number of ether oxygens (including phenoxy) is 1. The molecule has 1 unspecified atom stereocenters. The zero-order valence-electron chi connectivity index (χ0n) is 18.4. The summed E-state index contributed by atoms with van der Waals surface area (Å²) in [5, 5.41) is 3.86. The molecule has 1 aliphatic heterocycles. The minimum atomic E-state index is 0.0574. The molecule has 1 aliphatic rings. The summed E-state index contributed by atoms with van der Waals surface area (Å²) in [6, 6.07) is 15.3. The number of nitrogens with zero attached hydrogens (tertiary/aromatic N) is 3. The van der Waals surface area contributed by atoms with Crippen LogP contribution in [-0.4, -0.2) is 50.0 Å². The number of nitrogens with two attached hydrogens (primary N) is 1. The Morgan fingerprint density at radius 2 is 1.97 bits per heavy atom.